The summed E-state index contributed by atoms with van der Waals surface area (Å²) in [5, 5.41) is 3.95. The molecule has 0 atom stereocenters. The molecule has 1 N–H and O–H groups in total. The van der Waals surface area contributed by atoms with Crippen molar-refractivity contribution >= 4 is 29.0 Å². The van der Waals surface area contributed by atoms with Gasteiger partial charge < -0.3 is 10.2 Å². The third-order valence-corrected chi connectivity index (χ3v) is 4.18. The van der Waals surface area contributed by atoms with E-state index >= 15 is 0 Å². The van der Waals surface area contributed by atoms with Gasteiger partial charge in [0, 0.05) is 30.4 Å². The lowest BCUT2D eigenvalue weighted by atomic mass is 10.1. The first kappa shape index (κ1) is 17.9. The van der Waals surface area contributed by atoms with Crippen LogP contribution in [0.15, 0.2) is 67.0 Å². The summed E-state index contributed by atoms with van der Waals surface area (Å²) in [5.74, 6) is 0.434. The second kappa shape index (κ2) is 8.45. The van der Waals surface area contributed by atoms with E-state index in [1.165, 1.54) is 6.33 Å². The van der Waals surface area contributed by atoms with Crippen LogP contribution >= 0.6 is 11.6 Å². The number of hydrogen-bond donors (Lipinski definition) is 1. The van der Waals surface area contributed by atoms with Gasteiger partial charge in [-0.15, -0.1) is 0 Å². The lowest BCUT2D eigenvalue weighted by Gasteiger charge is -2.17. The number of anilines is 2. The van der Waals surface area contributed by atoms with Crippen LogP contribution < -0.4 is 10.2 Å². The Morgan fingerprint density at radius 1 is 1.08 bits per heavy atom. The largest absolute Gasteiger partial charge is 0.370 e. The van der Waals surface area contributed by atoms with Crippen LogP contribution in [0.4, 0.5) is 11.5 Å². The Labute approximate surface area is 157 Å². The minimum absolute atomic E-state index is 0.184. The van der Waals surface area contributed by atoms with Crippen molar-refractivity contribution in [1.29, 1.82) is 0 Å². The summed E-state index contributed by atoms with van der Waals surface area (Å²) < 4.78 is 0. The zero-order chi connectivity index (χ0) is 18.4. The smallest absolute Gasteiger partial charge is 0.276 e. The van der Waals surface area contributed by atoms with Crippen molar-refractivity contribution < 1.29 is 4.79 Å². The fourth-order valence-corrected chi connectivity index (χ4v) is 2.75. The van der Waals surface area contributed by atoms with E-state index in [9.17, 15) is 4.79 Å². The predicted molar refractivity (Wildman–Crippen MR) is 105 cm³/mol. The minimum Gasteiger partial charge on any atom is -0.370 e. The SMILES string of the molecule is CN(C(=O)c1cc(NCCc2cccc(Cl)c2)ncn1)c1ccccc1. The highest BCUT2D eigenvalue weighted by molar-refractivity contribution is 6.30. The Kier molecular flexibility index (Phi) is 5.81. The van der Waals surface area contributed by atoms with Crippen LogP contribution in [0.25, 0.3) is 0 Å². The van der Waals surface area contributed by atoms with E-state index in [1.54, 1.807) is 18.0 Å². The number of hydrogen-bond acceptors (Lipinski definition) is 4. The molecular formula is C20H19ClN4O. The first-order chi connectivity index (χ1) is 12.6. The quantitative estimate of drug-likeness (QED) is 0.714. The molecule has 0 aliphatic rings. The molecular weight excluding hydrogens is 348 g/mol. The number of nitrogens with zero attached hydrogens (tertiary/aromatic N) is 3. The molecule has 3 aromatic rings. The second-order valence-electron chi connectivity index (χ2n) is 5.79. The Hall–Kier alpha value is -2.92. The molecule has 0 radical (unpaired) electrons. The van der Waals surface area contributed by atoms with Crippen molar-refractivity contribution in [3.8, 4) is 0 Å². The summed E-state index contributed by atoms with van der Waals surface area (Å²) in [6.07, 6.45) is 2.20. The van der Waals surface area contributed by atoms with Crippen LogP contribution in [0.3, 0.4) is 0 Å². The van der Waals surface area contributed by atoms with E-state index in [0.717, 1.165) is 22.7 Å². The average molecular weight is 367 g/mol. The Balaban J connectivity index is 1.63. The number of amides is 1. The van der Waals surface area contributed by atoms with Gasteiger partial charge >= 0.3 is 0 Å². The molecule has 0 bridgehead atoms. The molecule has 0 aliphatic carbocycles. The van der Waals surface area contributed by atoms with Crippen LogP contribution in [0.2, 0.25) is 5.02 Å². The highest BCUT2D eigenvalue weighted by Crippen LogP contribution is 2.15. The highest BCUT2D eigenvalue weighted by Gasteiger charge is 2.15. The van der Waals surface area contributed by atoms with Crippen molar-refractivity contribution in [2.45, 2.75) is 6.42 Å². The van der Waals surface area contributed by atoms with Crippen molar-refractivity contribution in [3.63, 3.8) is 0 Å². The van der Waals surface area contributed by atoms with Gasteiger partial charge in [0.05, 0.1) is 0 Å². The number of rotatable bonds is 6. The van der Waals surface area contributed by atoms with Gasteiger partial charge in [-0.05, 0) is 36.2 Å². The van der Waals surface area contributed by atoms with Gasteiger partial charge in [-0.2, -0.15) is 0 Å². The standard InChI is InChI=1S/C20H19ClN4O/c1-25(17-8-3-2-4-9-17)20(26)18-13-19(24-14-23-18)22-11-10-15-6-5-7-16(21)12-15/h2-9,12-14H,10-11H2,1H3,(H,22,23,24). The number of nitrogens with one attached hydrogen (secondary N) is 1. The van der Waals surface area contributed by atoms with E-state index in [4.69, 9.17) is 11.6 Å². The van der Waals surface area contributed by atoms with E-state index < -0.39 is 0 Å². The third-order valence-electron chi connectivity index (χ3n) is 3.94. The molecule has 0 saturated carbocycles. The van der Waals surface area contributed by atoms with Crippen LogP contribution in [-0.2, 0) is 6.42 Å². The van der Waals surface area contributed by atoms with E-state index in [1.807, 2.05) is 54.6 Å². The number of halogens is 1. The molecule has 3 rings (SSSR count). The maximum Gasteiger partial charge on any atom is 0.276 e. The van der Waals surface area contributed by atoms with E-state index in [2.05, 4.69) is 15.3 Å². The van der Waals surface area contributed by atoms with Gasteiger partial charge in [0.2, 0.25) is 0 Å². The lowest BCUT2D eigenvalue weighted by molar-refractivity contribution is 0.0988. The minimum atomic E-state index is -0.184. The van der Waals surface area contributed by atoms with Gasteiger partial charge in [0.1, 0.15) is 17.8 Å². The fraction of sp³-hybridized carbons (Fsp3) is 0.150. The monoisotopic (exact) mass is 366 g/mol. The van der Waals surface area contributed by atoms with Gasteiger partial charge in [-0.1, -0.05) is 41.9 Å². The summed E-state index contributed by atoms with van der Waals surface area (Å²) in [6.45, 7) is 0.680. The Bertz CT molecular complexity index is 886. The van der Waals surface area contributed by atoms with Crippen LogP contribution in [0, 0.1) is 0 Å². The number of aromatic nitrogens is 2. The van der Waals surface area contributed by atoms with Gasteiger partial charge in [0.25, 0.3) is 5.91 Å². The van der Waals surface area contributed by atoms with Crippen molar-refractivity contribution in [2.75, 3.05) is 23.8 Å². The molecule has 0 unspecified atom stereocenters. The molecule has 5 nitrogen and oxygen atoms in total. The maximum absolute atomic E-state index is 12.6. The van der Waals surface area contributed by atoms with E-state index in [-0.39, 0.29) is 5.91 Å². The first-order valence-corrected chi connectivity index (χ1v) is 8.65. The van der Waals surface area contributed by atoms with Crippen LogP contribution in [0.5, 0.6) is 0 Å². The topological polar surface area (TPSA) is 58.1 Å². The van der Waals surface area contributed by atoms with Crippen LogP contribution in [-0.4, -0.2) is 29.5 Å². The molecule has 0 saturated heterocycles. The molecule has 0 spiro atoms. The summed E-state index contributed by atoms with van der Waals surface area (Å²) in [5.41, 5.74) is 2.29. The van der Waals surface area contributed by atoms with Crippen molar-refractivity contribution in [3.05, 3.63) is 83.3 Å². The molecule has 0 aliphatic heterocycles. The highest BCUT2D eigenvalue weighted by atomic mass is 35.5. The van der Waals surface area contributed by atoms with Gasteiger partial charge in [0.15, 0.2) is 0 Å². The molecule has 1 aromatic heterocycles. The second-order valence-corrected chi connectivity index (χ2v) is 6.23. The van der Waals surface area contributed by atoms with Crippen molar-refractivity contribution in [1.82, 2.24) is 9.97 Å². The third kappa shape index (κ3) is 4.58. The van der Waals surface area contributed by atoms with Gasteiger partial charge in [-0.25, -0.2) is 9.97 Å². The zero-order valence-electron chi connectivity index (χ0n) is 14.4. The summed E-state index contributed by atoms with van der Waals surface area (Å²) >= 11 is 5.99. The fourth-order valence-electron chi connectivity index (χ4n) is 2.54. The first-order valence-electron chi connectivity index (χ1n) is 8.27. The molecule has 6 heteroatoms. The maximum atomic E-state index is 12.6. The number of para-hydroxylation sites is 1. The predicted octanol–water partition coefficient (Wildman–Crippen LogP) is 4.06. The Morgan fingerprint density at radius 3 is 2.65 bits per heavy atom. The Morgan fingerprint density at radius 2 is 1.88 bits per heavy atom. The summed E-state index contributed by atoms with van der Waals surface area (Å²) in [4.78, 5) is 22.5. The molecule has 2 aromatic carbocycles. The average Bonchev–Trinajstić information content (AvgIpc) is 2.68. The number of carbonyl (C=O) groups excluding carboxylic acids is 1. The van der Waals surface area contributed by atoms with Crippen molar-refractivity contribution in [2.24, 2.45) is 0 Å². The lowest BCUT2D eigenvalue weighted by Crippen LogP contribution is -2.27. The molecule has 1 heterocycles. The molecule has 26 heavy (non-hydrogen) atoms. The zero-order valence-corrected chi connectivity index (χ0v) is 15.1. The molecule has 132 valence electrons. The summed E-state index contributed by atoms with van der Waals surface area (Å²) in [6, 6.07) is 18.9. The number of benzene rings is 2. The van der Waals surface area contributed by atoms with E-state index in [0.29, 0.717) is 18.1 Å². The number of carbonyl (C=O) groups is 1. The van der Waals surface area contributed by atoms with Gasteiger partial charge in [-0.3, -0.25) is 4.79 Å². The molecule has 1 amide bonds. The normalized spacial score (nSPS) is 10.4. The summed E-state index contributed by atoms with van der Waals surface area (Å²) in [7, 11) is 1.73. The van der Waals surface area contributed by atoms with Crippen LogP contribution in [0.1, 0.15) is 16.1 Å². The molecule has 0 fully saturated rings.